The summed E-state index contributed by atoms with van der Waals surface area (Å²) in [4.78, 5) is 3.85. The first-order chi connectivity index (χ1) is 7.04. The first kappa shape index (κ1) is 12.0. The number of hydrogen-bond acceptors (Lipinski definition) is 5. The maximum absolute atomic E-state index is 8.86. The molecule has 1 aromatic rings. The molecule has 0 aliphatic carbocycles. The molecule has 0 amide bonds. The number of aromatic nitrogens is 3. The molecule has 1 heterocycles. The summed E-state index contributed by atoms with van der Waals surface area (Å²) in [5, 5.41) is 16.2. The third kappa shape index (κ3) is 3.91. The van der Waals surface area contributed by atoms with Crippen LogP contribution in [0.4, 0.5) is 0 Å². The highest BCUT2D eigenvalue weighted by Gasteiger charge is 2.19. The van der Waals surface area contributed by atoms with Gasteiger partial charge in [0.25, 0.3) is 0 Å². The molecule has 5 nitrogen and oxygen atoms in total. The monoisotopic (exact) mass is 228 g/mol. The summed E-state index contributed by atoms with van der Waals surface area (Å²) in [7, 11) is 0. The first-order valence-electron chi connectivity index (χ1n) is 4.65. The van der Waals surface area contributed by atoms with Crippen molar-refractivity contribution in [3.63, 3.8) is 0 Å². The molecule has 0 bridgehead atoms. The van der Waals surface area contributed by atoms with Gasteiger partial charge in [0.15, 0.2) is 0 Å². The van der Waals surface area contributed by atoms with E-state index in [1.54, 1.807) is 22.8 Å². The number of hydrogen-bond donors (Lipinski definition) is 1. The minimum atomic E-state index is -0.0931. The molecular weight excluding hydrogens is 212 g/mol. The fraction of sp³-hybridized carbons (Fsp3) is 0.667. The third-order valence-electron chi connectivity index (χ3n) is 1.92. The number of oxime groups is 1. The lowest BCUT2D eigenvalue weighted by Gasteiger charge is -2.19. The lowest BCUT2D eigenvalue weighted by Crippen LogP contribution is -2.23. The zero-order valence-corrected chi connectivity index (χ0v) is 10.0. The molecule has 1 aromatic heterocycles. The highest BCUT2D eigenvalue weighted by molar-refractivity contribution is 7.99. The Bertz CT molecular complexity index is 315. The van der Waals surface area contributed by atoms with Gasteiger partial charge >= 0.3 is 0 Å². The standard InChI is InChI=1S/C9H16N4OS/c1-9(2,3)8(12-14)4-15-7-13-6-10-5-11-13/h5-6,14H,4,7H2,1-3H3. The van der Waals surface area contributed by atoms with Crippen molar-refractivity contribution < 1.29 is 5.21 Å². The third-order valence-corrected chi connectivity index (χ3v) is 2.84. The lowest BCUT2D eigenvalue weighted by atomic mass is 9.91. The van der Waals surface area contributed by atoms with E-state index in [0.717, 1.165) is 11.6 Å². The average molecular weight is 228 g/mol. The molecule has 0 aromatic carbocycles. The Kier molecular flexibility index (Phi) is 4.14. The van der Waals surface area contributed by atoms with Crippen molar-refractivity contribution in [3.05, 3.63) is 12.7 Å². The Balaban J connectivity index is 2.37. The Morgan fingerprint density at radius 2 is 2.27 bits per heavy atom. The van der Waals surface area contributed by atoms with E-state index in [0.29, 0.717) is 5.75 Å². The molecule has 0 radical (unpaired) electrons. The van der Waals surface area contributed by atoms with Gasteiger partial charge in [-0.05, 0) is 0 Å². The number of rotatable bonds is 4. The smallest absolute Gasteiger partial charge is 0.137 e. The zero-order valence-electron chi connectivity index (χ0n) is 9.21. The van der Waals surface area contributed by atoms with E-state index in [2.05, 4.69) is 15.2 Å². The van der Waals surface area contributed by atoms with Gasteiger partial charge in [0, 0.05) is 11.2 Å². The van der Waals surface area contributed by atoms with Gasteiger partial charge in [0.2, 0.25) is 0 Å². The minimum absolute atomic E-state index is 0.0931. The molecule has 0 aliphatic rings. The summed E-state index contributed by atoms with van der Waals surface area (Å²) in [5.74, 6) is 1.41. The highest BCUT2D eigenvalue weighted by Crippen LogP contribution is 2.19. The van der Waals surface area contributed by atoms with Crippen LogP contribution in [0, 0.1) is 5.41 Å². The van der Waals surface area contributed by atoms with Crippen LogP contribution in [0.3, 0.4) is 0 Å². The Morgan fingerprint density at radius 3 is 2.73 bits per heavy atom. The second kappa shape index (κ2) is 5.16. The van der Waals surface area contributed by atoms with Gasteiger partial charge in [-0.3, -0.25) is 0 Å². The molecular formula is C9H16N4OS. The van der Waals surface area contributed by atoms with Crippen LogP contribution in [0.25, 0.3) is 0 Å². The van der Waals surface area contributed by atoms with Crippen molar-refractivity contribution in [1.82, 2.24) is 14.8 Å². The second-order valence-electron chi connectivity index (χ2n) is 4.21. The maximum atomic E-state index is 8.86. The van der Waals surface area contributed by atoms with Crippen molar-refractivity contribution in [2.24, 2.45) is 10.6 Å². The van der Waals surface area contributed by atoms with Crippen LogP contribution in [0.1, 0.15) is 20.8 Å². The molecule has 0 atom stereocenters. The van der Waals surface area contributed by atoms with Crippen molar-refractivity contribution in [3.8, 4) is 0 Å². The molecule has 0 aliphatic heterocycles. The summed E-state index contributed by atoms with van der Waals surface area (Å²) < 4.78 is 1.74. The quantitative estimate of drug-likeness (QED) is 0.485. The molecule has 15 heavy (non-hydrogen) atoms. The molecule has 0 fully saturated rings. The number of thioether (sulfide) groups is 1. The van der Waals surface area contributed by atoms with E-state index in [1.165, 1.54) is 6.33 Å². The molecule has 0 unspecified atom stereocenters. The van der Waals surface area contributed by atoms with E-state index in [4.69, 9.17) is 5.21 Å². The molecule has 1 N–H and O–H groups in total. The SMILES string of the molecule is CC(C)(C)C(CSCn1cncn1)=NO. The normalized spacial score (nSPS) is 13.1. The van der Waals surface area contributed by atoms with Crippen LogP contribution < -0.4 is 0 Å². The van der Waals surface area contributed by atoms with Crippen LogP contribution in [0.5, 0.6) is 0 Å². The number of nitrogens with zero attached hydrogens (tertiary/aromatic N) is 4. The highest BCUT2D eigenvalue weighted by atomic mass is 32.2. The van der Waals surface area contributed by atoms with Crippen molar-refractivity contribution in [2.75, 3.05) is 5.75 Å². The first-order valence-corrected chi connectivity index (χ1v) is 5.81. The molecule has 0 saturated carbocycles. The van der Waals surface area contributed by atoms with Crippen LogP contribution in [-0.2, 0) is 5.88 Å². The van der Waals surface area contributed by atoms with Gasteiger partial charge in [-0.1, -0.05) is 25.9 Å². The fourth-order valence-corrected chi connectivity index (χ4v) is 2.03. The molecule has 1 rings (SSSR count). The predicted octanol–water partition coefficient (Wildman–Crippen LogP) is 1.85. The predicted molar refractivity (Wildman–Crippen MR) is 61.2 cm³/mol. The van der Waals surface area contributed by atoms with Crippen LogP contribution in [0.15, 0.2) is 17.8 Å². The van der Waals surface area contributed by atoms with Crippen LogP contribution in [-0.4, -0.2) is 31.4 Å². The minimum Gasteiger partial charge on any atom is -0.411 e. The zero-order chi connectivity index (χ0) is 11.3. The summed E-state index contributed by atoms with van der Waals surface area (Å²) >= 11 is 1.64. The summed E-state index contributed by atoms with van der Waals surface area (Å²) in [6.07, 6.45) is 3.17. The second-order valence-corrected chi connectivity index (χ2v) is 5.16. The molecule has 0 saturated heterocycles. The van der Waals surface area contributed by atoms with Gasteiger partial charge in [-0.15, -0.1) is 11.8 Å². The molecule has 6 heteroatoms. The van der Waals surface area contributed by atoms with E-state index in [1.807, 2.05) is 20.8 Å². The van der Waals surface area contributed by atoms with Crippen molar-refractivity contribution >= 4 is 17.5 Å². The Hall–Kier alpha value is -1.04. The summed E-state index contributed by atoms with van der Waals surface area (Å²) in [6.45, 7) is 6.08. The molecule has 84 valence electrons. The summed E-state index contributed by atoms with van der Waals surface area (Å²) in [6, 6.07) is 0. The maximum Gasteiger partial charge on any atom is 0.137 e. The molecule has 0 spiro atoms. The fourth-order valence-electron chi connectivity index (χ4n) is 0.931. The van der Waals surface area contributed by atoms with Gasteiger partial charge in [-0.25, -0.2) is 9.67 Å². The van der Waals surface area contributed by atoms with E-state index in [9.17, 15) is 0 Å². The van der Waals surface area contributed by atoms with Crippen LogP contribution >= 0.6 is 11.8 Å². The van der Waals surface area contributed by atoms with Gasteiger partial charge in [0.1, 0.15) is 12.7 Å². The van der Waals surface area contributed by atoms with Gasteiger partial charge < -0.3 is 5.21 Å². The topological polar surface area (TPSA) is 63.3 Å². The summed E-state index contributed by atoms with van der Waals surface area (Å²) in [5.41, 5.74) is 0.692. The van der Waals surface area contributed by atoms with Gasteiger partial charge in [0.05, 0.1) is 11.6 Å². The van der Waals surface area contributed by atoms with Crippen molar-refractivity contribution in [2.45, 2.75) is 26.6 Å². The Labute approximate surface area is 93.6 Å². The average Bonchev–Trinajstić information content (AvgIpc) is 2.62. The van der Waals surface area contributed by atoms with Gasteiger partial charge in [-0.2, -0.15) is 5.10 Å². The van der Waals surface area contributed by atoms with Crippen molar-refractivity contribution in [1.29, 1.82) is 0 Å². The van der Waals surface area contributed by atoms with E-state index >= 15 is 0 Å². The van der Waals surface area contributed by atoms with E-state index < -0.39 is 0 Å². The largest absolute Gasteiger partial charge is 0.411 e. The Morgan fingerprint density at radius 1 is 1.53 bits per heavy atom. The lowest BCUT2D eigenvalue weighted by molar-refractivity contribution is 0.311. The van der Waals surface area contributed by atoms with Crippen LogP contribution in [0.2, 0.25) is 0 Å². The van der Waals surface area contributed by atoms with E-state index in [-0.39, 0.29) is 5.41 Å².